The molecule has 2 aromatic rings. The van der Waals surface area contributed by atoms with Crippen LogP contribution in [0.5, 0.6) is 0 Å². The van der Waals surface area contributed by atoms with Gasteiger partial charge in [0.2, 0.25) is 5.91 Å². The van der Waals surface area contributed by atoms with Gasteiger partial charge in [-0.1, -0.05) is 42.5 Å². The number of carbonyl (C=O) groups is 1. The van der Waals surface area contributed by atoms with E-state index < -0.39 is 0 Å². The highest BCUT2D eigenvalue weighted by Crippen LogP contribution is 2.21. The summed E-state index contributed by atoms with van der Waals surface area (Å²) < 4.78 is 0. The number of hydrogen-bond donors (Lipinski definition) is 1. The van der Waals surface area contributed by atoms with E-state index >= 15 is 0 Å². The maximum Gasteiger partial charge on any atom is 0.226 e. The van der Waals surface area contributed by atoms with Crippen LogP contribution in [0.4, 0.5) is 0 Å². The third kappa shape index (κ3) is 2.93. The van der Waals surface area contributed by atoms with Gasteiger partial charge in [-0.2, -0.15) is 0 Å². The van der Waals surface area contributed by atoms with Crippen molar-refractivity contribution in [2.45, 2.75) is 6.42 Å². The lowest BCUT2D eigenvalue weighted by molar-refractivity contribution is -0.132. The first kappa shape index (κ1) is 13.6. The zero-order valence-corrected chi connectivity index (χ0v) is 11.5. The van der Waals surface area contributed by atoms with Crippen molar-refractivity contribution in [2.75, 3.05) is 20.6 Å². The first-order chi connectivity index (χ1) is 9.13. The lowest BCUT2D eigenvalue weighted by Gasteiger charge is -2.19. The Morgan fingerprint density at radius 2 is 1.84 bits per heavy atom. The number of nitrogens with two attached hydrogens (primary N) is 1. The van der Waals surface area contributed by atoms with Gasteiger partial charge in [0.15, 0.2) is 0 Å². The van der Waals surface area contributed by atoms with E-state index in [2.05, 4.69) is 24.3 Å². The number of rotatable bonds is 4. The highest BCUT2D eigenvalue weighted by atomic mass is 16.2. The molecule has 0 radical (unpaired) electrons. The zero-order valence-electron chi connectivity index (χ0n) is 11.5. The topological polar surface area (TPSA) is 46.3 Å². The van der Waals surface area contributed by atoms with Crippen molar-refractivity contribution in [3.63, 3.8) is 0 Å². The summed E-state index contributed by atoms with van der Waals surface area (Å²) in [6.07, 6.45) is 0.689. The van der Waals surface area contributed by atoms with Crippen LogP contribution >= 0.6 is 0 Å². The molecule has 0 aliphatic rings. The molecule has 0 aliphatic heterocycles. The van der Waals surface area contributed by atoms with Gasteiger partial charge in [0.1, 0.15) is 0 Å². The maximum absolute atomic E-state index is 12.1. The van der Waals surface area contributed by atoms with Crippen molar-refractivity contribution in [2.24, 2.45) is 11.7 Å². The Bertz CT molecular complexity index is 572. The van der Waals surface area contributed by atoms with E-state index in [9.17, 15) is 4.79 Å². The Balaban J connectivity index is 2.32. The molecule has 3 nitrogen and oxygen atoms in total. The average Bonchev–Trinajstić information content (AvgIpc) is 2.44. The monoisotopic (exact) mass is 256 g/mol. The highest BCUT2D eigenvalue weighted by molar-refractivity contribution is 5.86. The molecule has 1 amide bonds. The SMILES string of the molecule is CN(C)C(=O)C(CN)Cc1cccc2ccccc12. The number of carbonyl (C=O) groups excluding carboxylic acids is 1. The van der Waals surface area contributed by atoms with Crippen LogP contribution in [0.15, 0.2) is 42.5 Å². The Morgan fingerprint density at radius 1 is 1.16 bits per heavy atom. The van der Waals surface area contributed by atoms with E-state index in [0.29, 0.717) is 13.0 Å². The molecule has 0 aromatic heterocycles. The lowest BCUT2D eigenvalue weighted by Crippen LogP contribution is -2.35. The third-order valence-corrected chi connectivity index (χ3v) is 3.42. The number of benzene rings is 2. The molecular formula is C16H20N2O. The van der Waals surface area contributed by atoms with Crippen molar-refractivity contribution >= 4 is 16.7 Å². The van der Waals surface area contributed by atoms with Crippen LogP contribution in [0, 0.1) is 5.92 Å². The predicted octanol–water partition coefficient (Wildman–Crippen LogP) is 2.05. The zero-order chi connectivity index (χ0) is 13.8. The van der Waals surface area contributed by atoms with E-state index in [-0.39, 0.29) is 11.8 Å². The molecule has 1 atom stereocenters. The molecule has 100 valence electrons. The minimum Gasteiger partial charge on any atom is -0.349 e. The van der Waals surface area contributed by atoms with Crippen LogP contribution < -0.4 is 5.73 Å². The van der Waals surface area contributed by atoms with Crippen LogP contribution in [0.2, 0.25) is 0 Å². The fraction of sp³-hybridized carbons (Fsp3) is 0.312. The molecule has 0 saturated carbocycles. The Hall–Kier alpha value is -1.87. The molecule has 3 heteroatoms. The standard InChI is InChI=1S/C16H20N2O/c1-18(2)16(19)14(11-17)10-13-8-5-7-12-6-3-4-9-15(12)13/h3-9,14H,10-11,17H2,1-2H3. The van der Waals surface area contributed by atoms with E-state index in [1.54, 1.807) is 19.0 Å². The van der Waals surface area contributed by atoms with Gasteiger partial charge < -0.3 is 10.6 Å². The summed E-state index contributed by atoms with van der Waals surface area (Å²) in [5.41, 5.74) is 6.94. The van der Waals surface area contributed by atoms with Crippen LogP contribution in [-0.4, -0.2) is 31.4 Å². The molecule has 0 spiro atoms. The van der Waals surface area contributed by atoms with Gasteiger partial charge in [-0.25, -0.2) is 0 Å². The first-order valence-electron chi connectivity index (χ1n) is 6.51. The molecule has 0 saturated heterocycles. The van der Waals surface area contributed by atoms with E-state index in [0.717, 1.165) is 0 Å². The fourth-order valence-electron chi connectivity index (χ4n) is 2.37. The average molecular weight is 256 g/mol. The van der Waals surface area contributed by atoms with Gasteiger partial charge in [-0.15, -0.1) is 0 Å². The van der Waals surface area contributed by atoms with Gasteiger partial charge in [0.05, 0.1) is 5.92 Å². The van der Waals surface area contributed by atoms with Gasteiger partial charge in [0, 0.05) is 20.6 Å². The predicted molar refractivity (Wildman–Crippen MR) is 78.9 cm³/mol. The van der Waals surface area contributed by atoms with Crippen LogP contribution in [0.3, 0.4) is 0 Å². The summed E-state index contributed by atoms with van der Waals surface area (Å²) in [6.45, 7) is 0.375. The second-order valence-electron chi connectivity index (χ2n) is 5.01. The first-order valence-corrected chi connectivity index (χ1v) is 6.51. The second-order valence-corrected chi connectivity index (χ2v) is 5.01. The van der Waals surface area contributed by atoms with E-state index in [4.69, 9.17) is 5.73 Å². The minimum atomic E-state index is -0.152. The Morgan fingerprint density at radius 3 is 2.53 bits per heavy atom. The molecule has 19 heavy (non-hydrogen) atoms. The van der Waals surface area contributed by atoms with E-state index in [1.165, 1.54) is 16.3 Å². The summed E-state index contributed by atoms with van der Waals surface area (Å²) in [5, 5.41) is 2.41. The molecule has 0 aliphatic carbocycles. The largest absolute Gasteiger partial charge is 0.349 e. The van der Waals surface area contributed by atoms with Gasteiger partial charge in [-0.05, 0) is 22.8 Å². The summed E-state index contributed by atoms with van der Waals surface area (Å²) in [5.74, 6) is -0.0590. The van der Waals surface area contributed by atoms with Crippen molar-refractivity contribution in [1.82, 2.24) is 4.90 Å². The summed E-state index contributed by atoms with van der Waals surface area (Å²) >= 11 is 0. The van der Waals surface area contributed by atoms with Crippen LogP contribution in [0.25, 0.3) is 10.8 Å². The van der Waals surface area contributed by atoms with Crippen molar-refractivity contribution in [1.29, 1.82) is 0 Å². The second kappa shape index (κ2) is 5.85. The highest BCUT2D eigenvalue weighted by Gasteiger charge is 2.19. The molecule has 1 unspecified atom stereocenters. The number of hydrogen-bond acceptors (Lipinski definition) is 2. The van der Waals surface area contributed by atoms with E-state index in [1.807, 2.05) is 18.2 Å². The number of fused-ring (bicyclic) bond motifs is 1. The maximum atomic E-state index is 12.1. The normalized spacial score (nSPS) is 12.4. The van der Waals surface area contributed by atoms with Crippen molar-refractivity contribution < 1.29 is 4.79 Å². The van der Waals surface area contributed by atoms with Gasteiger partial charge >= 0.3 is 0 Å². The Labute approximate surface area is 114 Å². The minimum absolute atomic E-state index is 0.0930. The smallest absolute Gasteiger partial charge is 0.226 e. The summed E-state index contributed by atoms with van der Waals surface area (Å²) in [4.78, 5) is 13.7. The lowest BCUT2D eigenvalue weighted by atomic mass is 9.94. The molecule has 2 aromatic carbocycles. The fourth-order valence-corrected chi connectivity index (χ4v) is 2.37. The molecule has 2 rings (SSSR count). The molecule has 0 bridgehead atoms. The third-order valence-electron chi connectivity index (χ3n) is 3.42. The molecular weight excluding hydrogens is 236 g/mol. The summed E-state index contributed by atoms with van der Waals surface area (Å²) in [7, 11) is 3.54. The van der Waals surface area contributed by atoms with Gasteiger partial charge in [-0.3, -0.25) is 4.79 Å². The van der Waals surface area contributed by atoms with Crippen molar-refractivity contribution in [3.8, 4) is 0 Å². The molecule has 0 fully saturated rings. The van der Waals surface area contributed by atoms with Crippen molar-refractivity contribution in [3.05, 3.63) is 48.0 Å². The van der Waals surface area contributed by atoms with Crippen LogP contribution in [-0.2, 0) is 11.2 Å². The summed E-state index contributed by atoms with van der Waals surface area (Å²) in [6, 6.07) is 14.4. The molecule has 0 heterocycles. The Kier molecular flexibility index (Phi) is 4.17. The van der Waals surface area contributed by atoms with Gasteiger partial charge in [0.25, 0.3) is 0 Å². The van der Waals surface area contributed by atoms with Crippen LogP contribution in [0.1, 0.15) is 5.56 Å². The quantitative estimate of drug-likeness (QED) is 0.910. The number of amides is 1. The number of nitrogens with zero attached hydrogens (tertiary/aromatic N) is 1. The molecule has 2 N–H and O–H groups in total.